The molecule has 0 saturated carbocycles. The van der Waals surface area contributed by atoms with Crippen molar-refractivity contribution in [3.05, 3.63) is 78.6 Å². The van der Waals surface area contributed by atoms with Crippen LogP contribution in [-0.4, -0.2) is 4.98 Å². The van der Waals surface area contributed by atoms with Gasteiger partial charge in [-0.25, -0.2) is 0 Å². The number of aryl methyl sites for hydroxylation is 1. The van der Waals surface area contributed by atoms with E-state index in [1.165, 1.54) is 22.3 Å². The molecule has 0 aliphatic rings. The highest BCUT2D eigenvalue weighted by Gasteiger charge is 2.07. The standard InChI is InChI=1S/C19H17N/c1-2-19-18(16-11-7-4-8-12-16)13-17(14-20-19)15-9-5-3-6-10-15/h3-14H,2H2,1H3. The summed E-state index contributed by atoms with van der Waals surface area (Å²) in [6.45, 7) is 2.15. The first-order valence-electron chi connectivity index (χ1n) is 6.98. The average molecular weight is 259 g/mol. The van der Waals surface area contributed by atoms with Crippen LogP contribution in [0.4, 0.5) is 0 Å². The zero-order valence-corrected chi connectivity index (χ0v) is 11.6. The Morgan fingerprint density at radius 2 is 1.35 bits per heavy atom. The van der Waals surface area contributed by atoms with Gasteiger partial charge >= 0.3 is 0 Å². The Labute approximate surface area is 119 Å². The topological polar surface area (TPSA) is 12.9 Å². The van der Waals surface area contributed by atoms with Crippen LogP contribution < -0.4 is 0 Å². The zero-order valence-electron chi connectivity index (χ0n) is 11.6. The predicted molar refractivity (Wildman–Crippen MR) is 84.5 cm³/mol. The summed E-state index contributed by atoms with van der Waals surface area (Å²) in [5, 5.41) is 0. The van der Waals surface area contributed by atoms with Gasteiger partial charge in [-0.1, -0.05) is 67.6 Å². The Morgan fingerprint density at radius 3 is 1.95 bits per heavy atom. The zero-order chi connectivity index (χ0) is 13.8. The van der Waals surface area contributed by atoms with Gasteiger partial charge in [-0.05, 0) is 23.6 Å². The molecule has 0 fully saturated rings. The monoisotopic (exact) mass is 259 g/mol. The van der Waals surface area contributed by atoms with Crippen LogP contribution in [0.25, 0.3) is 22.3 Å². The molecule has 0 aliphatic carbocycles. The number of aromatic nitrogens is 1. The van der Waals surface area contributed by atoms with Crippen molar-refractivity contribution < 1.29 is 0 Å². The maximum Gasteiger partial charge on any atom is 0.0479 e. The van der Waals surface area contributed by atoms with Crippen LogP contribution in [0.1, 0.15) is 12.6 Å². The normalized spacial score (nSPS) is 10.4. The minimum Gasteiger partial charge on any atom is -0.260 e. The largest absolute Gasteiger partial charge is 0.260 e. The molecule has 0 atom stereocenters. The van der Waals surface area contributed by atoms with Crippen molar-refractivity contribution in [2.24, 2.45) is 0 Å². The van der Waals surface area contributed by atoms with E-state index in [0.717, 1.165) is 12.1 Å². The molecule has 0 aliphatic heterocycles. The van der Waals surface area contributed by atoms with Crippen molar-refractivity contribution in [1.29, 1.82) is 0 Å². The molecule has 1 heterocycles. The first-order chi connectivity index (χ1) is 9.88. The Hall–Kier alpha value is -2.41. The molecule has 0 N–H and O–H groups in total. The summed E-state index contributed by atoms with van der Waals surface area (Å²) in [6.07, 6.45) is 2.92. The van der Waals surface area contributed by atoms with Crippen LogP contribution in [0.2, 0.25) is 0 Å². The predicted octanol–water partition coefficient (Wildman–Crippen LogP) is 4.98. The quantitative estimate of drug-likeness (QED) is 0.646. The number of pyridine rings is 1. The molecule has 0 unspecified atom stereocenters. The van der Waals surface area contributed by atoms with Gasteiger partial charge in [-0.2, -0.15) is 0 Å². The molecule has 0 amide bonds. The van der Waals surface area contributed by atoms with Crippen molar-refractivity contribution >= 4 is 0 Å². The van der Waals surface area contributed by atoms with E-state index in [-0.39, 0.29) is 0 Å². The fourth-order valence-corrected chi connectivity index (χ4v) is 2.43. The van der Waals surface area contributed by atoms with Crippen molar-refractivity contribution in [3.8, 4) is 22.3 Å². The van der Waals surface area contributed by atoms with Crippen LogP contribution in [0.5, 0.6) is 0 Å². The second-order valence-electron chi connectivity index (χ2n) is 4.80. The molecule has 0 saturated heterocycles. The van der Waals surface area contributed by atoms with E-state index in [1.807, 2.05) is 18.3 Å². The minimum atomic E-state index is 0.944. The molecular weight excluding hydrogens is 242 g/mol. The van der Waals surface area contributed by atoms with Gasteiger partial charge in [0.25, 0.3) is 0 Å². The lowest BCUT2D eigenvalue weighted by Crippen LogP contribution is -1.93. The van der Waals surface area contributed by atoms with Gasteiger partial charge in [0.2, 0.25) is 0 Å². The summed E-state index contributed by atoms with van der Waals surface area (Å²) < 4.78 is 0. The SMILES string of the molecule is CCc1ncc(-c2ccccc2)cc1-c1ccccc1. The number of benzene rings is 2. The van der Waals surface area contributed by atoms with Crippen molar-refractivity contribution in [1.82, 2.24) is 4.98 Å². The molecule has 2 aromatic carbocycles. The Balaban J connectivity index is 2.13. The van der Waals surface area contributed by atoms with Crippen LogP contribution in [0.3, 0.4) is 0 Å². The summed E-state index contributed by atoms with van der Waals surface area (Å²) in [6, 6.07) is 23.1. The first kappa shape index (κ1) is 12.6. The fraction of sp³-hybridized carbons (Fsp3) is 0.105. The van der Waals surface area contributed by atoms with Crippen LogP contribution in [-0.2, 0) is 6.42 Å². The van der Waals surface area contributed by atoms with Gasteiger partial charge in [0.1, 0.15) is 0 Å². The maximum absolute atomic E-state index is 4.65. The highest BCUT2D eigenvalue weighted by atomic mass is 14.7. The molecule has 0 radical (unpaired) electrons. The lowest BCUT2D eigenvalue weighted by atomic mass is 9.98. The van der Waals surface area contributed by atoms with Gasteiger partial charge in [-0.15, -0.1) is 0 Å². The van der Waals surface area contributed by atoms with E-state index < -0.39 is 0 Å². The third kappa shape index (κ3) is 2.48. The first-order valence-corrected chi connectivity index (χ1v) is 6.98. The highest BCUT2D eigenvalue weighted by Crippen LogP contribution is 2.28. The molecule has 98 valence electrons. The van der Waals surface area contributed by atoms with Gasteiger partial charge in [0, 0.05) is 23.0 Å². The van der Waals surface area contributed by atoms with E-state index in [2.05, 4.69) is 66.5 Å². The molecule has 1 nitrogen and oxygen atoms in total. The van der Waals surface area contributed by atoms with E-state index in [1.54, 1.807) is 0 Å². The molecule has 1 heteroatoms. The van der Waals surface area contributed by atoms with Gasteiger partial charge in [0.15, 0.2) is 0 Å². The smallest absolute Gasteiger partial charge is 0.0479 e. The maximum atomic E-state index is 4.65. The Morgan fingerprint density at radius 1 is 0.750 bits per heavy atom. The molecule has 0 bridgehead atoms. The number of hydrogen-bond acceptors (Lipinski definition) is 1. The summed E-state index contributed by atoms with van der Waals surface area (Å²) in [5.41, 5.74) is 5.99. The third-order valence-corrected chi connectivity index (χ3v) is 3.50. The second kappa shape index (κ2) is 5.70. The third-order valence-electron chi connectivity index (χ3n) is 3.50. The van der Waals surface area contributed by atoms with Gasteiger partial charge < -0.3 is 0 Å². The van der Waals surface area contributed by atoms with Crippen LogP contribution in [0, 0.1) is 0 Å². The number of hydrogen-bond donors (Lipinski definition) is 0. The van der Waals surface area contributed by atoms with E-state index in [9.17, 15) is 0 Å². The van der Waals surface area contributed by atoms with Gasteiger partial charge in [-0.3, -0.25) is 4.98 Å². The molecule has 0 spiro atoms. The highest BCUT2D eigenvalue weighted by molar-refractivity contribution is 5.73. The van der Waals surface area contributed by atoms with Gasteiger partial charge in [0.05, 0.1) is 0 Å². The summed E-state index contributed by atoms with van der Waals surface area (Å²) >= 11 is 0. The van der Waals surface area contributed by atoms with Crippen molar-refractivity contribution in [3.63, 3.8) is 0 Å². The minimum absolute atomic E-state index is 0.944. The molecule has 1 aromatic heterocycles. The number of nitrogens with zero attached hydrogens (tertiary/aromatic N) is 1. The van der Waals surface area contributed by atoms with E-state index >= 15 is 0 Å². The van der Waals surface area contributed by atoms with E-state index in [0.29, 0.717) is 0 Å². The lowest BCUT2D eigenvalue weighted by Gasteiger charge is -2.10. The second-order valence-corrected chi connectivity index (χ2v) is 4.80. The lowest BCUT2D eigenvalue weighted by molar-refractivity contribution is 1.04. The fourth-order valence-electron chi connectivity index (χ4n) is 2.43. The Bertz CT molecular complexity index is 687. The molecule has 20 heavy (non-hydrogen) atoms. The van der Waals surface area contributed by atoms with Crippen molar-refractivity contribution in [2.75, 3.05) is 0 Å². The average Bonchev–Trinajstić information content (AvgIpc) is 2.56. The van der Waals surface area contributed by atoms with Crippen LogP contribution >= 0.6 is 0 Å². The summed E-state index contributed by atoms with van der Waals surface area (Å²) in [7, 11) is 0. The Kier molecular flexibility index (Phi) is 3.60. The summed E-state index contributed by atoms with van der Waals surface area (Å²) in [5.74, 6) is 0. The van der Waals surface area contributed by atoms with E-state index in [4.69, 9.17) is 0 Å². The van der Waals surface area contributed by atoms with Crippen LogP contribution in [0.15, 0.2) is 72.9 Å². The van der Waals surface area contributed by atoms with Crippen molar-refractivity contribution in [2.45, 2.75) is 13.3 Å². The molecular formula is C19H17N. The molecule has 3 aromatic rings. The summed E-state index contributed by atoms with van der Waals surface area (Å²) in [4.78, 5) is 4.65. The number of rotatable bonds is 3. The molecule has 3 rings (SSSR count).